The lowest BCUT2D eigenvalue weighted by molar-refractivity contribution is -0.116. The second kappa shape index (κ2) is 6.21. The van der Waals surface area contributed by atoms with Crippen LogP contribution in [0.15, 0.2) is 42.6 Å². The highest BCUT2D eigenvalue weighted by Crippen LogP contribution is 2.39. The number of rotatable bonds is 2. The van der Waals surface area contributed by atoms with Crippen LogP contribution in [0.1, 0.15) is 29.0 Å². The van der Waals surface area contributed by atoms with Gasteiger partial charge >= 0.3 is 0 Å². The number of fused-ring (bicyclic) bond motifs is 1. The summed E-state index contributed by atoms with van der Waals surface area (Å²) in [5.41, 5.74) is 2.48. The van der Waals surface area contributed by atoms with Crippen molar-refractivity contribution in [2.45, 2.75) is 19.3 Å². The van der Waals surface area contributed by atoms with E-state index in [1.165, 1.54) is 12.1 Å². The molecule has 4 nitrogen and oxygen atoms in total. The molecule has 3 aromatic rings. The lowest BCUT2D eigenvalue weighted by Gasteiger charge is -2.24. The van der Waals surface area contributed by atoms with Crippen molar-refractivity contribution in [3.63, 3.8) is 0 Å². The topological polar surface area (TPSA) is 46.9 Å². The van der Waals surface area contributed by atoms with Gasteiger partial charge in [0, 0.05) is 29.0 Å². The molecule has 0 radical (unpaired) electrons. The summed E-state index contributed by atoms with van der Waals surface area (Å²) in [6, 6.07) is 8.79. The van der Waals surface area contributed by atoms with Gasteiger partial charge in [0.15, 0.2) is 0 Å². The van der Waals surface area contributed by atoms with Crippen molar-refractivity contribution >= 4 is 23.3 Å². The first-order valence-electron chi connectivity index (χ1n) is 8.04. The van der Waals surface area contributed by atoms with Crippen LogP contribution in [0.4, 0.5) is 14.6 Å². The predicted molar refractivity (Wildman–Crippen MR) is 94.8 cm³/mol. The Hall–Kier alpha value is -2.73. The summed E-state index contributed by atoms with van der Waals surface area (Å²) in [5.74, 6) is -1.65. The molecule has 0 aliphatic carbocycles. The maximum Gasteiger partial charge on any atom is 0.226 e. The first-order valence-corrected chi connectivity index (χ1v) is 8.41. The fraction of sp³-hybridized carbons (Fsp3) is 0.158. The quantitative estimate of drug-likeness (QED) is 0.714. The molecule has 0 saturated heterocycles. The third kappa shape index (κ3) is 2.66. The number of carbonyl (C=O) groups excluding carboxylic acids is 1. The van der Waals surface area contributed by atoms with Crippen molar-refractivity contribution < 1.29 is 13.6 Å². The molecule has 0 saturated carbocycles. The van der Waals surface area contributed by atoms with Gasteiger partial charge in [0.2, 0.25) is 5.91 Å². The van der Waals surface area contributed by atoms with Crippen molar-refractivity contribution in [2.75, 3.05) is 5.32 Å². The van der Waals surface area contributed by atoms with Gasteiger partial charge in [0.05, 0.1) is 11.9 Å². The number of aromatic nitrogens is 2. The average Bonchev–Trinajstić information content (AvgIpc) is 3.00. The van der Waals surface area contributed by atoms with Gasteiger partial charge in [-0.3, -0.25) is 4.79 Å². The molecular formula is C19H14ClF2N3O. The van der Waals surface area contributed by atoms with Crippen molar-refractivity contribution in [3.8, 4) is 5.69 Å². The maximum atomic E-state index is 14.3. The van der Waals surface area contributed by atoms with Crippen LogP contribution in [0.2, 0.25) is 5.02 Å². The van der Waals surface area contributed by atoms with E-state index in [0.717, 1.165) is 17.3 Å². The average molecular weight is 374 g/mol. The normalized spacial score (nSPS) is 16.3. The third-order valence-corrected chi connectivity index (χ3v) is 5.03. The van der Waals surface area contributed by atoms with Crippen molar-refractivity contribution in [1.82, 2.24) is 9.78 Å². The molecule has 0 unspecified atom stereocenters. The van der Waals surface area contributed by atoms with Crippen LogP contribution >= 0.6 is 11.6 Å². The predicted octanol–water partition coefficient (Wildman–Crippen LogP) is 4.59. The molecule has 1 atom stereocenters. The van der Waals surface area contributed by atoms with Gasteiger partial charge in [-0.15, -0.1) is 0 Å². The van der Waals surface area contributed by atoms with E-state index in [1.807, 2.05) is 13.0 Å². The van der Waals surface area contributed by atoms with E-state index in [1.54, 1.807) is 23.0 Å². The minimum atomic E-state index is -0.678. The largest absolute Gasteiger partial charge is 0.310 e. The van der Waals surface area contributed by atoms with Crippen LogP contribution in [0, 0.1) is 18.6 Å². The smallest absolute Gasteiger partial charge is 0.226 e. The Kier molecular flexibility index (Phi) is 4.00. The van der Waals surface area contributed by atoms with Gasteiger partial charge in [0.25, 0.3) is 0 Å². The van der Waals surface area contributed by atoms with E-state index in [-0.39, 0.29) is 17.9 Å². The zero-order valence-corrected chi connectivity index (χ0v) is 14.5. The Morgan fingerprint density at radius 1 is 1.23 bits per heavy atom. The number of nitrogens with one attached hydrogen (secondary N) is 1. The summed E-state index contributed by atoms with van der Waals surface area (Å²) in [6.07, 6.45) is 1.67. The number of hydrogen-bond acceptors (Lipinski definition) is 2. The van der Waals surface area contributed by atoms with E-state index < -0.39 is 17.6 Å². The van der Waals surface area contributed by atoms with Crippen LogP contribution in [-0.4, -0.2) is 15.7 Å². The fourth-order valence-electron chi connectivity index (χ4n) is 3.29. The number of amides is 1. The standard InChI is InChI=1S/C19H14ClF2N3O/c1-10-15(20)3-2-4-17(10)25-19-14(9-23-25)13(8-18(26)24-19)12-6-5-11(21)7-16(12)22/h2-7,9,13H,8H2,1H3,(H,24,26)/t13-/m1/s1. The number of hydrogen-bond donors (Lipinski definition) is 1. The van der Waals surface area contributed by atoms with Crippen LogP contribution in [-0.2, 0) is 4.79 Å². The van der Waals surface area contributed by atoms with Crippen LogP contribution < -0.4 is 5.32 Å². The third-order valence-electron chi connectivity index (χ3n) is 4.63. The Balaban J connectivity index is 1.87. The summed E-state index contributed by atoms with van der Waals surface area (Å²) in [4.78, 5) is 12.2. The Bertz CT molecular complexity index is 1030. The minimum absolute atomic E-state index is 0.0653. The molecule has 26 heavy (non-hydrogen) atoms. The Morgan fingerprint density at radius 3 is 2.81 bits per heavy atom. The fourth-order valence-corrected chi connectivity index (χ4v) is 3.46. The van der Waals surface area contributed by atoms with Gasteiger partial charge in [-0.25, -0.2) is 13.5 Å². The van der Waals surface area contributed by atoms with Gasteiger partial charge in [-0.05, 0) is 36.2 Å². The van der Waals surface area contributed by atoms with E-state index in [4.69, 9.17) is 11.6 Å². The molecule has 7 heteroatoms. The number of benzene rings is 2. The first kappa shape index (κ1) is 16.7. The Labute approximate surface area is 153 Å². The summed E-state index contributed by atoms with van der Waals surface area (Å²) < 4.78 is 29.1. The number of anilines is 1. The van der Waals surface area contributed by atoms with Gasteiger partial charge < -0.3 is 5.32 Å². The summed E-state index contributed by atoms with van der Waals surface area (Å²) >= 11 is 6.19. The van der Waals surface area contributed by atoms with Crippen molar-refractivity contribution in [2.24, 2.45) is 0 Å². The molecule has 0 bridgehead atoms. The minimum Gasteiger partial charge on any atom is -0.310 e. The number of halogens is 3. The molecule has 1 aliphatic heterocycles. The molecule has 2 aromatic carbocycles. The highest BCUT2D eigenvalue weighted by molar-refractivity contribution is 6.31. The van der Waals surface area contributed by atoms with Crippen LogP contribution in [0.3, 0.4) is 0 Å². The number of nitrogens with zero attached hydrogens (tertiary/aromatic N) is 2. The van der Waals surface area contributed by atoms with E-state index in [2.05, 4.69) is 10.4 Å². The molecular weight excluding hydrogens is 360 g/mol. The highest BCUT2D eigenvalue weighted by atomic mass is 35.5. The zero-order chi connectivity index (χ0) is 18.4. The molecule has 4 rings (SSSR count). The van der Waals surface area contributed by atoms with Crippen LogP contribution in [0.5, 0.6) is 0 Å². The second-order valence-electron chi connectivity index (χ2n) is 6.22. The zero-order valence-electron chi connectivity index (χ0n) is 13.8. The molecule has 1 amide bonds. The molecule has 0 fully saturated rings. The SMILES string of the molecule is Cc1c(Cl)cccc1-n1ncc2c1NC(=O)C[C@@H]2c1ccc(F)cc1F. The molecule has 1 aliphatic rings. The summed E-state index contributed by atoms with van der Waals surface area (Å²) in [7, 11) is 0. The first-order chi connectivity index (χ1) is 12.5. The number of carbonyl (C=O) groups is 1. The van der Waals surface area contributed by atoms with E-state index in [0.29, 0.717) is 16.4 Å². The van der Waals surface area contributed by atoms with Gasteiger partial charge in [0.1, 0.15) is 17.5 Å². The van der Waals surface area contributed by atoms with Gasteiger partial charge in [-0.1, -0.05) is 23.7 Å². The molecule has 0 spiro atoms. The van der Waals surface area contributed by atoms with Crippen molar-refractivity contribution in [3.05, 3.63) is 75.9 Å². The summed E-state index contributed by atoms with van der Waals surface area (Å²) in [6.45, 7) is 1.85. The summed E-state index contributed by atoms with van der Waals surface area (Å²) in [5, 5.41) is 7.76. The molecule has 1 N–H and O–H groups in total. The van der Waals surface area contributed by atoms with Gasteiger partial charge in [-0.2, -0.15) is 5.10 Å². The van der Waals surface area contributed by atoms with E-state index in [9.17, 15) is 13.6 Å². The van der Waals surface area contributed by atoms with E-state index >= 15 is 0 Å². The lowest BCUT2D eigenvalue weighted by atomic mass is 9.87. The maximum absolute atomic E-state index is 14.3. The molecule has 2 heterocycles. The molecule has 132 valence electrons. The Morgan fingerprint density at radius 2 is 2.04 bits per heavy atom. The second-order valence-corrected chi connectivity index (χ2v) is 6.62. The monoisotopic (exact) mass is 373 g/mol. The van der Waals surface area contributed by atoms with Crippen molar-refractivity contribution in [1.29, 1.82) is 0 Å². The van der Waals surface area contributed by atoms with Crippen LogP contribution in [0.25, 0.3) is 5.69 Å². The molecule has 1 aromatic heterocycles. The highest BCUT2D eigenvalue weighted by Gasteiger charge is 2.32. The lowest BCUT2D eigenvalue weighted by Crippen LogP contribution is -2.25.